The van der Waals surface area contributed by atoms with Gasteiger partial charge in [-0.3, -0.25) is 19.3 Å². The van der Waals surface area contributed by atoms with Crippen molar-refractivity contribution in [3.8, 4) is 0 Å². The van der Waals surface area contributed by atoms with Crippen LogP contribution in [0.25, 0.3) is 0 Å². The van der Waals surface area contributed by atoms with E-state index in [0.717, 1.165) is 38.5 Å². The zero-order chi connectivity index (χ0) is 22.2. The summed E-state index contributed by atoms with van der Waals surface area (Å²) in [5.41, 5.74) is -0.168. The van der Waals surface area contributed by atoms with Crippen LogP contribution in [-0.4, -0.2) is 45.6 Å². The summed E-state index contributed by atoms with van der Waals surface area (Å²) in [5, 5.41) is 0. The topological polar surface area (TPSA) is 57.7 Å². The summed E-state index contributed by atoms with van der Waals surface area (Å²) >= 11 is 0. The van der Waals surface area contributed by atoms with E-state index >= 15 is 0 Å². The number of amides is 3. The molecule has 1 aliphatic heterocycles. The fraction of sp³-hybridized carbons (Fsp3) is 0.654. The average molecular weight is 425 g/mol. The second-order valence-corrected chi connectivity index (χ2v) is 10.8. The molecule has 3 aliphatic rings. The molecule has 5 nitrogen and oxygen atoms in total. The van der Waals surface area contributed by atoms with E-state index in [4.69, 9.17) is 0 Å². The first-order valence-electron chi connectivity index (χ1n) is 12.0. The minimum Gasteiger partial charge on any atom is -0.315 e. The van der Waals surface area contributed by atoms with Crippen LogP contribution >= 0.6 is 0 Å². The van der Waals surface area contributed by atoms with Gasteiger partial charge in [0.05, 0.1) is 0 Å². The molecule has 31 heavy (non-hydrogen) atoms. The molecule has 0 N–H and O–H groups in total. The Labute approximate surface area is 186 Å². The first kappa shape index (κ1) is 22.0. The second-order valence-electron chi connectivity index (χ2n) is 10.8. The van der Waals surface area contributed by atoms with Crippen molar-refractivity contribution in [2.24, 2.45) is 11.3 Å². The molecule has 0 radical (unpaired) electrons. The fourth-order valence-corrected chi connectivity index (χ4v) is 5.97. The molecule has 3 amide bonds. The summed E-state index contributed by atoms with van der Waals surface area (Å²) in [4.78, 5) is 44.0. The molecule has 0 atom stereocenters. The van der Waals surface area contributed by atoms with Gasteiger partial charge in [-0.2, -0.15) is 0 Å². The van der Waals surface area contributed by atoms with Crippen LogP contribution in [0.4, 0.5) is 0 Å². The van der Waals surface area contributed by atoms with Crippen molar-refractivity contribution in [2.75, 3.05) is 6.54 Å². The number of benzene rings is 1. The largest absolute Gasteiger partial charge is 0.315 e. The Kier molecular flexibility index (Phi) is 5.97. The Hall–Kier alpha value is -2.17. The molecular formula is C26H36N2O3. The molecule has 1 heterocycles. The average Bonchev–Trinajstić information content (AvgIpc) is 2.77. The fourth-order valence-electron chi connectivity index (χ4n) is 5.97. The van der Waals surface area contributed by atoms with Crippen LogP contribution in [0, 0.1) is 11.3 Å². The van der Waals surface area contributed by atoms with Gasteiger partial charge in [0.15, 0.2) is 0 Å². The first-order chi connectivity index (χ1) is 14.7. The van der Waals surface area contributed by atoms with Crippen LogP contribution in [0.5, 0.6) is 0 Å². The Morgan fingerprint density at radius 2 is 1.55 bits per heavy atom. The Bertz CT molecular complexity index is 828. The lowest BCUT2D eigenvalue weighted by Crippen LogP contribution is -2.71. The Balaban J connectivity index is 1.68. The second kappa shape index (κ2) is 8.40. The smallest absolute Gasteiger partial charge is 0.255 e. The van der Waals surface area contributed by atoms with E-state index in [-0.39, 0.29) is 35.7 Å². The van der Waals surface area contributed by atoms with Gasteiger partial charge in [0, 0.05) is 11.6 Å². The number of carbonyl (C=O) groups is 3. The Morgan fingerprint density at radius 3 is 2.13 bits per heavy atom. The highest BCUT2D eigenvalue weighted by molar-refractivity contribution is 6.09. The lowest BCUT2D eigenvalue weighted by atomic mass is 9.65. The van der Waals surface area contributed by atoms with Crippen molar-refractivity contribution in [2.45, 2.75) is 90.1 Å². The summed E-state index contributed by atoms with van der Waals surface area (Å²) in [6.07, 6.45) is 8.17. The number of piperazine rings is 1. The highest BCUT2D eigenvalue weighted by atomic mass is 16.2. The molecule has 4 rings (SSSR count). The van der Waals surface area contributed by atoms with Gasteiger partial charge in [0.1, 0.15) is 12.1 Å². The summed E-state index contributed by atoms with van der Waals surface area (Å²) in [7, 11) is 0. The SMILES string of the molecule is CC(C)(C)C1CCC2(CC1)C(=O)N(C1CCCCC1)C(=O)CN2C(=O)c1ccccc1. The quantitative estimate of drug-likeness (QED) is 0.641. The molecule has 168 valence electrons. The van der Waals surface area contributed by atoms with E-state index in [9.17, 15) is 14.4 Å². The maximum atomic E-state index is 14.0. The van der Waals surface area contributed by atoms with Gasteiger partial charge in [-0.25, -0.2) is 0 Å². The third-order valence-electron chi connectivity index (χ3n) is 7.94. The van der Waals surface area contributed by atoms with Gasteiger partial charge in [-0.15, -0.1) is 0 Å². The molecule has 5 heteroatoms. The van der Waals surface area contributed by atoms with Gasteiger partial charge < -0.3 is 4.90 Å². The standard InChI is InChI=1S/C26H36N2O3/c1-25(2,3)20-14-16-26(17-15-20)24(31)28(21-12-8-5-9-13-21)22(29)18-27(26)23(30)19-10-6-4-7-11-19/h4,6-7,10-11,20-21H,5,8-9,12-18H2,1-3H3. The monoisotopic (exact) mass is 424 g/mol. The third kappa shape index (κ3) is 4.04. The van der Waals surface area contributed by atoms with Crippen molar-refractivity contribution in [1.82, 2.24) is 9.80 Å². The van der Waals surface area contributed by atoms with Gasteiger partial charge in [0.2, 0.25) is 5.91 Å². The molecule has 1 aromatic carbocycles. The van der Waals surface area contributed by atoms with Gasteiger partial charge in [-0.1, -0.05) is 58.2 Å². The van der Waals surface area contributed by atoms with Crippen molar-refractivity contribution < 1.29 is 14.4 Å². The van der Waals surface area contributed by atoms with Crippen LogP contribution < -0.4 is 0 Å². The predicted octanol–water partition coefficient (Wildman–Crippen LogP) is 4.81. The maximum absolute atomic E-state index is 14.0. The highest BCUT2D eigenvalue weighted by Gasteiger charge is 2.57. The number of rotatable bonds is 2. The van der Waals surface area contributed by atoms with Crippen LogP contribution in [0.1, 0.15) is 88.9 Å². The van der Waals surface area contributed by atoms with Crippen molar-refractivity contribution in [3.63, 3.8) is 0 Å². The molecule has 1 spiro atoms. The maximum Gasteiger partial charge on any atom is 0.255 e. The predicted molar refractivity (Wildman–Crippen MR) is 120 cm³/mol. The third-order valence-corrected chi connectivity index (χ3v) is 7.94. The van der Waals surface area contributed by atoms with Crippen molar-refractivity contribution in [3.05, 3.63) is 35.9 Å². The van der Waals surface area contributed by atoms with E-state index in [0.29, 0.717) is 24.3 Å². The van der Waals surface area contributed by atoms with Crippen LogP contribution in [0.2, 0.25) is 0 Å². The molecule has 2 aliphatic carbocycles. The number of hydrogen-bond acceptors (Lipinski definition) is 3. The summed E-state index contributed by atoms with van der Waals surface area (Å²) in [5.74, 6) is -0.00259. The number of hydrogen-bond donors (Lipinski definition) is 0. The molecule has 3 fully saturated rings. The van der Waals surface area contributed by atoms with E-state index < -0.39 is 5.54 Å². The van der Waals surface area contributed by atoms with Crippen LogP contribution in [0.15, 0.2) is 30.3 Å². The minimum atomic E-state index is -0.889. The lowest BCUT2D eigenvalue weighted by molar-refractivity contribution is -0.168. The zero-order valence-corrected chi connectivity index (χ0v) is 19.2. The molecule has 0 aromatic heterocycles. The number of imide groups is 1. The molecule has 0 unspecified atom stereocenters. The molecule has 2 saturated carbocycles. The van der Waals surface area contributed by atoms with Crippen LogP contribution in [-0.2, 0) is 9.59 Å². The summed E-state index contributed by atoms with van der Waals surface area (Å²) in [6.45, 7) is 6.77. The van der Waals surface area contributed by atoms with E-state index in [1.807, 2.05) is 18.2 Å². The summed E-state index contributed by atoms with van der Waals surface area (Å²) < 4.78 is 0. The van der Waals surface area contributed by atoms with Crippen molar-refractivity contribution >= 4 is 17.7 Å². The number of carbonyl (C=O) groups excluding carboxylic acids is 3. The van der Waals surface area contributed by atoms with Gasteiger partial charge in [0.25, 0.3) is 11.8 Å². The Morgan fingerprint density at radius 1 is 0.935 bits per heavy atom. The minimum absolute atomic E-state index is 0.0000538. The molecule has 0 bridgehead atoms. The highest BCUT2D eigenvalue weighted by Crippen LogP contribution is 2.46. The number of nitrogens with zero attached hydrogens (tertiary/aromatic N) is 2. The van der Waals surface area contributed by atoms with Gasteiger partial charge in [-0.05, 0) is 62.0 Å². The van der Waals surface area contributed by atoms with Gasteiger partial charge >= 0.3 is 0 Å². The summed E-state index contributed by atoms with van der Waals surface area (Å²) in [6, 6.07) is 9.09. The molecule has 1 aromatic rings. The first-order valence-corrected chi connectivity index (χ1v) is 12.0. The normalized spacial score (nSPS) is 28.3. The zero-order valence-electron chi connectivity index (χ0n) is 19.2. The van der Waals surface area contributed by atoms with Crippen LogP contribution in [0.3, 0.4) is 0 Å². The van der Waals surface area contributed by atoms with E-state index in [1.165, 1.54) is 6.42 Å². The molecule has 1 saturated heterocycles. The lowest BCUT2D eigenvalue weighted by Gasteiger charge is -2.54. The van der Waals surface area contributed by atoms with E-state index in [1.54, 1.807) is 21.9 Å². The molecular weight excluding hydrogens is 388 g/mol. The van der Waals surface area contributed by atoms with E-state index in [2.05, 4.69) is 20.8 Å². The van der Waals surface area contributed by atoms with Crippen molar-refractivity contribution in [1.29, 1.82) is 0 Å².